The number of hydrogen-bond donors (Lipinski definition) is 1. The number of hydrogen-bond acceptors (Lipinski definition) is 2. The molecule has 1 unspecified atom stereocenters. The second-order valence-corrected chi connectivity index (χ2v) is 4.66. The Bertz CT molecular complexity index is 351. The Balaban J connectivity index is 2.67. The molecule has 0 aromatic heterocycles. The zero-order valence-corrected chi connectivity index (χ0v) is 11.3. The minimum atomic E-state index is 0.0113. The lowest BCUT2D eigenvalue weighted by atomic mass is 10.0. The topological polar surface area (TPSA) is 40.5 Å². The van der Waals surface area contributed by atoms with Crippen LogP contribution in [0.25, 0.3) is 0 Å². The largest absolute Gasteiger partial charge is 0.395 e. The highest BCUT2D eigenvalue weighted by Crippen LogP contribution is 2.12. The fraction of sp³-hybridized carbons (Fsp3) is 0.533. The van der Waals surface area contributed by atoms with Gasteiger partial charge in [-0.2, -0.15) is 0 Å². The van der Waals surface area contributed by atoms with E-state index in [0.717, 1.165) is 18.4 Å². The van der Waals surface area contributed by atoms with E-state index in [1.807, 2.05) is 37.3 Å². The summed E-state index contributed by atoms with van der Waals surface area (Å²) < 4.78 is 0. The molecule has 0 aliphatic carbocycles. The third-order valence-electron chi connectivity index (χ3n) is 3.04. The van der Waals surface area contributed by atoms with E-state index in [9.17, 15) is 4.79 Å². The van der Waals surface area contributed by atoms with Crippen molar-refractivity contribution >= 4 is 5.91 Å². The van der Waals surface area contributed by atoms with Gasteiger partial charge in [0.25, 0.3) is 0 Å². The molecule has 0 spiro atoms. The molecule has 1 rings (SSSR count). The average Bonchev–Trinajstić information content (AvgIpc) is 2.39. The fourth-order valence-corrected chi connectivity index (χ4v) is 2.06. The zero-order valence-electron chi connectivity index (χ0n) is 11.3. The Morgan fingerprint density at radius 3 is 2.56 bits per heavy atom. The Hall–Kier alpha value is -1.35. The number of nitrogens with zero attached hydrogens (tertiary/aromatic N) is 1. The van der Waals surface area contributed by atoms with E-state index in [1.54, 1.807) is 4.90 Å². The molecule has 100 valence electrons. The SMILES string of the molecule is CCCC(C)C(=O)N(CCO)Cc1ccccc1. The predicted molar refractivity (Wildman–Crippen MR) is 73.0 cm³/mol. The third-order valence-corrected chi connectivity index (χ3v) is 3.04. The minimum Gasteiger partial charge on any atom is -0.395 e. The van der Waals surface area contributed by atoms with Crippen molar-refractivity contribution < 1.29 is 9.90 Å². The van der Waals surface area contributed by atoms with E-state index in [0.29, 0.717) is 13.1 Å². The summed E-state index contributed by atoms with van der Waals surface area (Å²) in [4.78, 5) is 14.0. The van der Waals surface area contributed by atoms with Gasteiger partial charge in [-0.3, -0.25) is 4.79 Å². The van der Waals surface area contributed by atoms with Gasteiger partial charge >= 0.3 is 0 Å². The molecule has 0 radical (unpaired) electrons. The van der Waals surface area contributed by atoms with Crippen molar-refractivity contribution in [2.45, 2.75) is 33.2 Å². The number of carbonyl (C=O) groups is 1. The van der Waals surface area contributed by atoms with Crippen LogP contribution in [0.1, 0.15) is 32.3 Å². The van der Waals surface area contributed by atoms with E-state index >= 15 is 0 Å². The summed E-state index contributed by atoms with van der Waals surface area (Å²) in [5.41, 5.74) is 1.10. The van der Waals surface area contributed by atoms with Crippen molar-refractivity contribution in [3.63, 3.8) is 0 Å². The van der Waals surface area contributed by atoms with E-state index in [1.165, 1.54) is 0 Å². The molecular weight excluding hydrogens is 226 g/mol. The summed E-state index contributed by atoms with van der Waals surface area (Å²) in [5, 5.41) is 9.08. The third kappa shape index (κ3) is 4.49. The van der Waals surface area contributed by atoms with Crippen molar-refractivity contribution in [1.82, 2.24) is 4.90 Å². The van der Waals surface area contributed by atoms with E-state index in [4.69, 9.17) is 5.11 Å². The minimum absolute atomic E-state index is 0.0113. The lowest BCUT2D eigenvalue weighted by molar-refractivity contribution is -0.136. The second-order valence-electron chi connectivity index (χ2n) is 4.66. The first-order chi connectivity index (χ1) is 8.69. The maximum absolute atomic E-state index is 12.2. The van der Waals surface area contributed by atoms with E-state index in [-0.39, 0.29) is 18.4 Å². The van der Waals surface area contributed by atoms with Gasteiger partial charge in [-0.1, -0.05) is 50.6 Å². The van der Waals surface area contributed by atoms with Crippen LogP contribution in [0.2, 0.25) is 0 Å². The molecule has 1 N–H and O–H groups in total. The van der Waals surface area contributed by atoms with Crippen LogP contribution in [-0.4, -0.2) is 29.1 Å². The second kappa shape index (κ2) is 7.88. The first kappa shape index (κ1) is 14.7. The van der Waals surface area contributed by atoms with Gasteiger partial charge in [0.15, 0.2) is 0 Å². The number of benzene rings is 1. The molecular formula is C15H23NO2. The smallest absolute Gasteiger partial charge is 0.225 e. The summed E-state index contributed by atoms with van der Waals surface area (Å²) in [6, 6.07) is 9.89. The molecule has 1 aromatic rings. The molecule has 0 bridgehead atoms. The number of amides is 1. The molecule has 0 saturated carbocycles. The van der Waals surface area contributed by atoms with Crippen molar-refractivity contribution in [2.75, 3.05) is 13.2 Å². The lowest BCUT2D eigenvalue weighted by Crippen LogP contribution is -2.36. The van der Waals surface area contributed by atoms with Gasteiger partial charge in [-0.15, -0.1) is 0 Å². The number of aliphatic hydroxyl groups excluding tert-OH is 1. The van der Waals surface area contributed by atoms with Gasteiger partial charge < -0.3 is 10.0 Å². The summed E-state index contributed by atoms with van der Waals surface area (Å²) in [6.07, 6.45) is 1.90. The maximum Gasteiger partial charge on any atom is 0.225 e. The van der Waals surface area contributed by atoms with Gasteiger partial charge in [0, 0.05) is 19.0 Å². The average molecular weight is 249 g/mol. The molecule has 0 aliphatic rings. The Morgan fingerprint density at radius 2 is 2.00 bits per heavy atom. The normalized spacial score (nSPS) is 12.2. The predicted octanol–water partition coefficient (Wildman–Crippen LogP) is 2.44. The van der Waals surface area contributed by atoms with Crippen molar-refractivity contribution in [2.24, 2.45) is 5.92 Å². The molecule has 1 aromatic carbocycles. The van der Waals surface area contributed by atoms with Crippen LogP contribution >= 0.6 is 0 Å². The molecule has 1 atom stereocenters. The lowest BCUT2D eigenvalue weighted by Gasteiger charge is -2.25. The van der Waals surface area contributed by atoms with Crippen LogP contribution in [0, 0.1) is 5.92 Å². The van der Waals surface area contributed by atoms with Crippen LogP contribution in [0.15, 0.2) is 30.3 Å². The molecule has 1 amide bonds. The highest BCUT2D eigenvalue weighted by molar-refractivity contribution is 5.78. The van der Waals surface area contributed by atoms with Crippen LogP contribution in [0.5, 0.6) is 0 Å². The molecule has 18 heavy (non-hydrogen) atoms. The number of aliphatic hydroxyl groups is 1. The molecule has 0 fully saturated rings. The summed E-state index contributed by atoms with van der Waals surface area (Å²) in [5.74, 6) is 0.167. The van der Waals surface area contributed by atoms with E-state index in [2.05, 4.69) is 6.92 Å². The van der Waals surface area contributed by atoms with Gasteiger partial charge in [-0.05, 0) is 12.0 Å². The van der Waals surface area contributed by atoms with Crippen molar-refractivity contribution in [1.29, 1.82) is 0 Å². The van der Waals surface area contributed by atoms with Gasteiger partial charge in [0.05, 0.1) is 6.61 Å². The number of rotatable bonds is 7. The Kier molecular flexibility index (Phi) is 6.44. The van der Waals surface area contributed by atoms with Crippen LogP contribution in [0.4, 0.5) is 0 Å². The Labute approximate surface area is 109 Å². The quantitative estimate of drug-likeness (QED) is 0.806. The summed E-state index contributed by atoms with van der Waals surface area (Å²) in [7, 11) is 0. The van der Waals surface area contributed by atoms with Gasteiger partial charge in [-0.25, -0.2) is 0 Å². The molecule has 0 aliphatic heterocycles. The molecule has 0 saturated heterocycles. The van der Waals surface area contributed by atoms with Gasteiger partial charge in [0.1, 0.15) is 0 Å². The van der Waals surface area contributed by atoms with Crippen LogP contribution < -0.4 is 0 Å². The molecule has 0 heterocycles. The monoisotopic (exact) mass is 249 g/mol. The first-order valence-electron chi connectivity index (χ1n) is 6.62. The Morgan fingerprint density at radius 1 is 1.33 bits per heavy atom. The number of carbonyl (C=O) groups excluding carboxylic acids is 1. The van der Waals surface area contributed by atoms with Crippen LogP contribution in [0.3, 0.4) is 0 Å². The zero-order chi connectivity index (χ0) is 13.4. The first-order valence-corrected chi connectivity index (χ1v) is 6.62. The maximum atomic E-state index is 12.2. The van der Waals surface area contributed by atoms with Crippen molar-refractivity contribution in [3.8, 4) is 0 Å². The molecule has 3 nitrogen and oxygen atoms in total. The summed E-state index contributed by atoms with van der Waals surface area (Å²) >= 11 is 0. The highest BCUT2D eigenvalue weighted by Gasteiger charge is 2.19. The van der Waals surface area contributed by atoms with Crippen LogP contribution in [-0.2, 0) is 11.3 Å². The highest BCUT2D eigenvalue weighted by atomic mass is 16.3. The molecule has 3 heteroatoms. The van der Waals surface area contributed by atoms with Gasteiger partial charge in [0.2, 0.25) is 5.91 Å². The fourth-order valence-electron chi connectivity index (χ4n) is 2.06. The summed E-state index contributed by atoms with van der Waals surface area (Å²) in [6.45, 7) is 5.03. The van der Waals surface area contributed by atoms with Crippen molar-refractivity contribution in [3.05, 3.63) is 35.9 Å². The van der Waals surface area contributed by atoms with E-state index < -0.39 is 0 Å². The standard InChI is InChI=1S/C15H23NO2/c1-3-7-13(2)15(18)16(10-11-17)12-14-8-5-4-6-9-14/h4-6,8-9,13,17H,3,7,10-12H2,1-2H3.